The number of benzene rings is 1. The normalized spacial score (nSPS) is 24.7. The first-order chi connectivity index (χ1) is 12.2. The Bertz CT molecular complexity index is 746. The lowest BCUT2D eigenvalue weighted by molar-refractivity contribution is 0.0812. The fraction of sp³-hybridized carbons (Fsp3) is 0.579. The summed E-state index contributed by atoms with van der Waals surface area (Å²) in [6.07, 6.45) is 3.65. The zero-order chi connectivity index (χ0) is 19.5. The highest BCUT2D eigenvalue weighted by atomic mass is 32.2. The monoisotopic (exact) mass is 382 g/mol. The topological polar surface area (TPSA) is 70.1 Å². The average molecular weight is 383 g/mol. The molecular formula is C19H30N2O4S. The third-order valence-corrected chi connectivity index (χ3v) is 6.61. The third-order valence-electron chi connectivity index (χ3n) is 4.60. The Labute approximate surface area is 157 Å². The van der Waals surface area contributed by atoms with E-state index in [-0.39, 0.29) is 23.5 Å². The molecule has 146 valence electrons. The van der Waals surface area contributed by atoms with Crippen molar-refractivity contribution in [1.82, 2.24) is 9.21 Å². The number of aliphatic hydroxyl groups excluding tert-OH is 1. The van der Waals surface area contributed by atoms with Gasteiger partial charge in [-0.1, -0.05) is 25.1 Å². The van der Waals surface area contributed by atoms with Crippen LogP contribution in [0.25, 0.3) is 6.08 Å². The fourth-order valence-electron chi connectivity index (χ4n) is 3.12. The zero-order valence-electron chi connectivity index (χ0n) is 16.2. The number of aliphatic hydroxyl groups is 1. The smallest absolute Gasteiger partial charge is 0.247 e. The summed E-state index contributed by atoms with van der Waals surface area (Å²) in [5.74, 6) is 0.342. The predicted molar refractivity (Wildman–Crippen MR) is 104 cm³/mol. The quantitative estimate of drug-likeness (QED) is 0.844. The lowest BCUT2D eigenvalue weighted by atomic mass is 10.0. The molecule has 1 heterocycles. The molecule has 1 aromatic carbocycles. The summed E-state index contributed by atoms with van der Waals surface area (Å²) in [4.78, 5) is 2.19. The number of ether oxygens (including phenoxy) is 1. The molecular weight excluding hydrogens is 352 g/mol. The van der Waals surface area contributed by atoms with E-state index in [1.165, 1.54) is 4.31 Å². The Kier molecular flexibility index (Phi) is 6.85. The van der Waals surface area contributed by atoms with Crippen LogP contribution in [0.5, 0.6) is 5.75 Å². The van der Waals surface area contributed by atoms with E-state index in [2.05, 4.69) is 0 Å². The highest BCUT2D eigenvalue weighted by molar-refractivity contribution is 7.89. The first-order valence-corrected chi connectivity index (χ1v) is 10.4. The van der Waals surface area contributed by atoms with Gasteiger partial charge in [0.2, 0.25) is 10.0 Å². The number of allylic oxidation sites excluding steroid dienone is 1. The van der Waals surface area contributed by atoms with E-state index in [9.17, 15) is 13.5 Å². The van der Waals surface area contributed by atoms with Crippen molar-refractivity contribution in [3.05, 3.63) is 29.8 Å². The molecule has 1 aliphatic heterocycles. The molecule has 0 fully saturated rings. The molecule has 0 radical (unpaired) electrons. The fourth-order valence-corrected chi connectivity index (χ4v) is 4.94. The molecule has 0 amide bonds. The third kappa shape index (κ3) is 4.46. The van der Waals surface area contributed by atoms with E-state index in [0.717, 1.165) is 5.56 Å². The van der Waals surface area contributed by atoms with Crippen molar-refractivity contribution in [3.63, 3.8) is 0 Å². The maximum atomic E-state index is 13.2. The van der Waals surface area contributed by atoms with Crippen molar-refractivity contribution >= 4 is 16.1 Å². The second kappa shape index (κ2) is 8.52. The molecule has 0 saturated heterocycles. The van der Waals surface area contributed by atoms with Gasteiger partial charge in [-0.3, -0.25) is 0 Å². The van der Waals surface area contributed by atoms with Crippen LogP contribution in [0.3, 0.4) is 0 Å². The standard InChI is InChI=1S/C19H30N2O4S/c1-6-7-16-8-9-19-17(10-16)25-18(12-20(4)5)14(2)11-21(15(3)13-22)26(19,23)24/h6-10,14-15,18,22H,11-13H2,1-5H3/b7-6+/t14-,15+,18-/m0/s1. The first kappa shape index (κ1) is 20.9. The molecule has 26 heavy (non-hydrogen) atoms. The summed E-state index contributed by atoms with van der Waals surface area (Å²) in [5, 5.41) is 9.59. The Morgan fingerprint density at radius 2 is 2.12 bits per heavy atom. The van der Waals surface area contributed by atoms with Gasteiger partial charge < -0.3 is 14.7 Å². The number of hydrogen-bond donors (Lipinski definition) is 1. The summed E-state index contributed by atoms with van der Waals surface area (Å²) in [6, 6.07) is 4.64. The van der Waals surface area contributed by atoms with Crippen LogP contribution in [0.1, 0.15) is 26.3 Å². The van der Waals surface area contributed by atoms with Gasteiger partial charge in [-0.05, 0) is 45.6 Å². The summed E-state index contributed by atoms with van der Waals surface area (Å²) >= 11 is 0. The van der Waals surface area contributed by atoms with Crippen LogP contribution in [0.15, 0.2) is 29.2 Å². The molecule has 0 saturated carbocycles. The van der Waals surface area contributed by atoms with E-state index in [1.807, 2.05) is 45.0 Å². The van der Waals surface area contributed by atoms with Crippen molar-refractivity contribution in [2.45, 2.75) is 37.8 Å². The minimum absolute atomic E-state index is 0.0281. The van der Waals surface area contributed by atoms with Crippen LogP contribution in [0, 0.1) is 5.92 Å². The minimum atomic E-state index is -3.76. The van der Waals surface area contributed by atoms with E-state index >= 15 is 0 Å². The summed E-state index contributed by atoms with van der Waals surface area (Å²) in [7, 11) is 0.178. The van der Waals surface area contributed by atoms with Crippen LogP contribution in [0.4, 0.5) is 0 Å². The van der Waals surface area contributed by atoms with Gasteiger partial charge in [-0.15, -0.1) is 0 Å². The van der Waals surface area contributed by atoms with Crippen LogP contribution in [-0.4, -0.2) is 68.7 Å². The molecule has 2 rings (SSSR count). The second-order valence-electron chi connectivity index (χ2n) is 7.21. The number of rotatable bonds is 5. The molecule has 1 aromatic rings. The lowest BCUT2D eigenvalue weighted by Gasteiger charge is -2.37. The molecule has 3 atom stereocenters. The molecule has 0 spiro atoms. The largest absolute Gasteiger partial charge is 0.487 e. The lowest BCUT2D eigenvalue weighted by Crippen LogP contribution is -2.49. The van der Waals surface area contributed by atoms with Gasteiger partial charge in [0.15, 0.2) is 0 Å². The highest BCUT2D eigenvalue weighted by Crippen LogP contribution is 2.34. The van der Waals surface area contributed by atoms with Gasteiger partial charge in [0.05, 0.1) is 6.61 Å². The minimum Gasteiger partial charge on any atom is -0.487 e. The van der Waals surface area contributed by atoms with Crippen LogP contribution in [0.2, 0.25) is 0 Å². The molecule has 1 N–H and O–H groups in total. The Balaban J connectivity index is 2.61. The summed E-state index contributed by atoms with van der Waals surface area (Å²) in [6.45, 7) is 6.38. The number of fused-ring (bicyclic) bond motifs is 1. The molecule has 0 unspecified atom stereocenters. The van der Waals surface area contributed by atoms with Gasteiger partial charge in [0.25, 0.3) is 0 Å². The maximum absolute atomic E-state index is 13.2. The van der Waals surface area contributed by atoms with Crippen molar-refractivity contribution in [1.29, 1.82) is 0 Å². The van der Waals surface area contributed by atoms with Gasteiger partial charge in [-0.2, -0.15) is 4.31 Å². The van der Waals surface area contributed by atoms with E-state index in [4.69, 9.17) is 4.74 Å². The SMILES string of the molecule is C/C=C/c1ccc2c(c1)O[C@@H](CN(C)C)[C@@H](C)CN([C@H](C)CO)S2(=O)=O. The maximum Gasteiger partial charge on any atom is 0.247 e. The van der Waals surface area contributed by atoms with Crippen LogP contribution < -0.4 is 4.74 Å². The molecule has 0 bridgehead atoms. The molecule has 1 aliphatic rings. The summed E-state index contributed by atoms with van der Waals surface area (Å²) < 4.78 is 34.1. The van der Waals surface area contributed by atoms with Gasteiger partial charge >= 0.3 is 0 Å². The van der Waals surface area contributed by atoms with Crippen LogP contribution >= 0.6 is 0 Å². The Morgan fingerprint density at radius 3 is 2.69 bits per heavy atom. The Hall–Kier alpha value is -1.41. The van der Waals surface area contributed by atoms with Gasteiger partial charge in [0, 0.05) is 25.0 Å². The van der Waals surface area contributed by atoms with Crippen molar-refractivity contribution < 1.29 is 18.3 Å². The number of likely N-dealkylation sites (N-methyl/N-ethyl adjacent to an activating group) is 1. The van der Waals surface area contributed by atoms with Gasteiger partial charge in [-0.25, -0.2) is 8.42 Å². The molecule has 0 aliphatic carbocycles. The van der Waals surface area contributed by atoms with Crippen molar-refractivity contribution in [2.24, 2.45) is 5.92 Å². The molecule has 7 heteroatoms. The van der Waals surface area contributed by atoms with Crippen LogP contribution in [-0.2, 0) is 10.0 Å². The van der Waals surface area contributed by atoms with Crippen molar-refractivity contribution in [2.75, 3.05) is 33.8 Å². The van der Waals surface area contributed by atoms with Crippen molar-refractivity contribution in [3.8, 4) is 5.75 Å². The Morgan fingerprint density at radius 1 is 1.42 bits per heavy atom. The number of sulfonamides is 1. The average Bonchev–Trinajstić information content (AvgIpc) is 2.57. The number of nitrogens with zero attached hydrogens (tertiary/aromatic N) is 2. The van der Waals surface area contributed by atoms with E-state index in [1.54, 1.807) is 25.1 Å². The predicted octanol–water partition coefficient (Wildman–Crippen LogP) is 2.05. The van der Waals surface area contributed by atoms with E-state index in [0.29, 0.717) is 18.8 Å². The summed E-state index contributed by atoms with van der Waals surface area (Å²) in [5.41, 5.74) is 0.889. The van der Waals surface area contributed by atoms with E-state index < -0.39 is 16.1 Å². The second-order valence-corrected chi connectivity index (χ2v) is 9.07. The first-order valence-electron chi connectivity index (χ1n) is 8.91. The number of hydrogen-bond acceptors (Lipinski definition) is 5. The highest BCUT2D eigenvalue weighted by Gasteiger charge is 2.37. The molecule has 0 aromatic heterocycles. The zero-order valence-corrected chi connectivity index (χ0v) is 17.0. The van der Waals surface area contributed by atoms with Gasteiger partial charge in [0.1, 0.15) is 16.7 Å². The molecule has 6 nitrogen and oxygen atoms in total.